The number of Topliss-reactive ketones (excluding diaryl/α,β-unsaturated/α-hetero) is 1. The number of carbonyl (C=O) groups is 2. The highest BCUT2D eigenvalue weighted by atomic mass is 16.2. The van der Waals surface area contributed by atoms with Crippen LogP contribution in [0.15, 0.2) is 0 Å². The summed E-state index contributed by atoms with van der Waals surface area (Å²) in [7, 11) is 0. The third kappa shape index (κ3) is 1.58. The first kappa shape index (κ1) is 9.37. The number of nitrogens with zero attached hydrogens (tertiary/aromatic N) is 1. The van der Waals surface area contributed by atoms with Crippen LogP contribution < -0.4 is 0 Å². The Bertz CT molecular complexity index is 293. The SMILES string of the molecule is O=C1CC2CCCC(C1)N2C(=O)C1CC1. The van der Waals surface area contributed by atoms with Gasteiger partial charge in [0.15, 0.2) is 0 Å². The zero-order valence-electron chi connectivity index (χ0n) is 8.95. The maximum atomic E-state index is 12.1. The van der Waals surface area contributed by atoms with E-state index in [0.29, 0.717) is 30.4 Å². The molecule has 0 aromatic carbocycles. The number of rotatable bonds is 1. The van der Waals surface area contributed by atoms with Gasteiger partial charge in [0.2, 0.25) is 5.91 Å². The Kier molecular flexibility index (Phi) is 2.08. The Labute approximate surface area is 89.8 Å². The lowest BCUT2D eigenvalue weighted by Gasteiger charge is -2.45. The molecule has 3 rings (SSSR count). The predicted molar refractivity (Wildman–Crippen MR) is 55.2 cm³/mol. The fourth-order valence-corrected chi connectivity index (χ4v) is 3.08. The van der Waals surface area contributed by atoms with E-state index in [1.807, 2.05) is 0 Å². The number of hydrogen-bond acceptors (Lipinski definition) is 2. The van der Waals surface area contributed by atoms with E-state index in [0.717, 1.165) is 25.7 Å². The molecule has 3 nitrogen and oxygen atoms in total. The fraction of sp³-hybridized carbons (Fsp3) is 0.833. The van der Waals surface area contributed by atoms with Crippen molar-refractivity contribution in [2.24, 2.45) is 5.92 Å². The zero-order chi connectivity index (χ0) is 10.4. The van der Waals surface area contributed by atoms with Gasteiger partial charge in [0.1, 0.15) is 5.78 Å². The van der Waals surface area contributed by atoms with E-state index in [1.54, 1.807) is 0 Å². The van der Waals surface area contributed by atoms with Gasteiger partial charge in [0, 0.05) is 30.8 Å². The lowest BCUT2D eigenvalue weighted by molar-refractivity contribution is -0.145. The molecule has 0 aromatic heterocycles. The van der Waals surface area contributed by atoms with Crippen LogP contribution in [-0.2, 0) is 9.59 Å². The lowest BCUT2D eigenvalue weighted by Crippen LogP contribution is -2.55. The minimum atomic E-state index is 0.248. The molecule has 2 atom stereocenters. The van der Waals surface area contributed by atoms with E-state index < -0.39 is 0 Å². The van der Waals surface area contributed by atoms with Crippen molar-refractivity contribution in [2.75, 3.05) is 0 Å². The summed E-state index contributed by atoms with van der Waals surface area (Å²) in [5, 5.41) is 0. The molecule has 0 N–H and O–H groups in total. The van der Waals surface area contributed by atoms with E-state index >= 15 is 0 Å². The smallest absolute Gasteiger partial charge is 0.226 e. The summed E-state index contributed by atoms with van der Waals surface area (Å²) < 4.78 is 0. The Morgan fingerprint density at radius 3 is 2.20 bits per heavy atom. The van der Waals surface area contributed by atoms with Gasteiger partial charge in [-0.3, -0.25) is 9.59 Å². The summed E-state index contributed by atoms with van der Waals surface area (Å²) in [5.74, 6) is 1.02. The fourth-order valence-electron chi connectivity index (χ4n) is 3.08. The van der Waals surface area contributed by atoms with E-state index in [4.69, 9.17) is 0 Å². The number of amides is 1. The maximum Gasteiger partial charge on any atom is 0.226 e. The largest absolute Gasteiger partial charge is 0.336 e. The molecule has 0 spiro atoms. The van der Waals surface area contributed by atoms with Crippen molar-refractivity contribution in [3.63, 3.8) is 0 Å². The first-order chi connectivity index (χ1) is 7.25. The molecule has 2 bridgehead atoms. The summed E-state index contributed by atoms with van der Waals surface area (Å²) in [5.41, 5.74) is 0. The van der Waals surface area contributed by atoms with Crippen molar-refractivity contribution >= 4 is 11.7 Å². The minimum absolute atomic E-state index is 0.248. The number of hydrogen-bond donors (Lipinski definition) is 0. The molecule has 3 aliphatic rings. The highest BCUT2D eigenvalue weighted by Crippen LogP contribution is 2.38. The molecule has 1 amide bonds. The summed E-state index contributed by atoms with van der Waals surface area (Å²) in [4.78, 5) is 25.7. The molecular weight excluding hydrogens is 190 g/mol. The molecule has 1 aliphatic carbocycles. The second-order valence-corrected chi connectivity index (χ2v) is 5.21. The minimum Gasteiger partial charge on any atom is -0.336 e. The van der Waals surface area contributed by atoms with Crippen LogP contribution in [0.4, 0.5) is 0 Å². The topological polar surface area (TPSA) is 37.4 Å². The molecule has 15 heavy (non-hydrogen) atoms. The van der Waals surface area contributed by atoms with Gasteiger partial charge in [-0.15, -0.1) is 0 Å². The van der Waals surface area contributed by atoms with Crippen LogP contribution in [0.5, 0.6) is 0 Å². The van der Waals surface area contributed by atoms with Crippen LogP contribution in [0.3, 0.4) is 0 Å². The number of piperidine rings is 2. The zero-order valence-corrected chi connectivity index (χ0v) is 8.95. The number of carbonyl (C=O) groups excluding carboxylic acids is 2. The van der Waals surface area contributed by atoms with Crippen molar-refractivity contribution in [3.05, 3.63) is 0 Å². The van der Waals surface area contributed by atoms with Crippen LogP contribution in [-0.4, -0.2) is 28.7 Å². The third-order valence-electron chi connectivity index (χ3n) is 3.97. The van der Waals surface area contributed by atoms with Gasteiger partial charge in [-0.2, -0.15) is 0 Å². The van der Waals surface area contributed by atoms with Crippen molar-refractivity contribution in [1.82, 2.24) is 4.90 Å². The predicted octanol–water partition coefficient (Wildman–Crippen LogP) is 1.51. The third-order valence-corrected chi connectivity index (χ3v) is 3.97. The summed E-state index contributed by atoms with van der Waals surface area (Å²) >= 11 is 0. The van der Waals surface area contributed by atoms with Crippen molar-refractivity contribution in [2.45, 2.75) is 57.0 Å². The second kappa shape index (κ2) is 3.32. The van der Waals surface area contributed by atoms with Gasteiger partial charge in [-0.05, 0) is 32.1 Å². The number of fused-ring (bicyclic) bond motifs is 2. The van der Waals surface area contributed by atoms with Gasteiger partial charge in [-0.1, -0.05) is 0 Å². The molecule has 0 radical (unpaired) electrons. The van der Waals surface area contributed by atoms with Gasteiger partial charge in [0.25, 0.3) is 0 Å². The molecule has 2 saturated heterocycles. The lowest BCUT2D eigenvalue weighted by atomic mass is 9.83. The molecule has 3 fully saturated rings. The summed E-state index contributed by atoms with van der Waals surface area (Å²) in [6, 6.07) is 0.496. The molecule has 3 heteroatoms. The standard InChI is InChI=1S/C12H17NO2/c14-11-6-9-2-1-3-10(7-11)13(9)12(15)8-4-5-8/h8-10H,1-7H2. The average Bonchev–Trinajstić information content (AvgIpc) is 2.98. The molecular formula is C12H17NO2. The van der Waals surface area contributed by atoms with Gasteiger partial charge < -0.3 is 4.90 Å². The van der Waals surface area contributed by atoms with Crippen LogP contribution >= 0.6 is 0 Å². The molecule has 2 aliphatic heterocycles. The molecule has 2 heterocycles. The first-order valence-corrected chi connectivity index (χ1v) is 6.09. The summed E-state index contributed by atoms with van der Waals surface area (Å²) in [6.07, 6.45) is 6.66. The van der Waals surface area contributed by atoms with Crippen molar-refractivity contribution < 1.29 is 9.59 Å². The van der Waals surface area contributed by atoms with E-state index in [2.05, 4.69) is 4.90 Å². The highest BCUT2D eigenvalue weighted by Gasteiger charge is 2.44. The quantitative estimate of drug-likeness (QED) is 0.653. The van der Waals surface area contributed by atoms with Gasteiger partial charge >= 0.3 is 0 Å². The molecule has 2 unspecified atom stereocenters. The van der Waals surface area contributed by atoms with Crippen LogP contribution in [0, 0.1) is 5.92 Å². The highest BCUT2D eigenvalue weighted by molar-refractivity contribution is 5.87. The molecule has 0 aromatic rings. The van der Waals surface area contributed by atoms with E-state index in [9.17, 15) is 9.59 Å². The number of ketones is 1. The van der Waals surface area contributed by atoms with Gasteiger partial charge in [0.05, 0.1) is 0 Å². The van der Waals surface area contributed by atoms with Crippen molar-refractivity contribution in [1.29, 1.82) is 0 Å². The second-order valence-electron chi connectivity index (χ2n) is 5.21. The summed E-state index contributed by atoms with van der Waals surface area (Å²) in [6.45, 7) is 0. The Morgan fingerprint density at radius 1 is 1.07 bits per heavy atom. The normalized spacial score (nSPS) is 35.5. The average molecular weight is 207 g/mol. The van der Waals surface area contributed by atoms with E-state index in [1.165, 1.54) is 6.42 Å². The molecule has 1 saturated carbocycles. The Balaban J connectivity index is 1.81. The Morgan fingerprint density at radius 2 is 1.67 bits per heavy atom. The van der Waals surface area contributed by atoms with Gasteiger partial charge in [-0.25, -0.2) is 0 Å². The maximum absolute atomic E-state index is 12.1. The van der Waals surface area contributed by atoms with Crippen LogP contribution in [0.2, 0.25) is 0 Å². The van der Waals surface area contributed by atoms with E-state index in [-0.39, 0.29) is 12.1 Å². The van der Waals surface area contributed by atoms with Crippen LogP contribution in [0.25, 0.3) is 0 Å². The first-order valence-electron chi connectivity index (χ1n) is 6.09. The van der Waals surface area contributed by atoms with Crippen LogP contribution in [0.1, 0.15) is 44.9 Å². The van der Waals surface area contributed by atoms with Crippen molar-refractivity contribution in [3.8, 4) is 0 Å². The monoisotopic (exact) mass is 207 g/mol. The Hall–Kier alpha value is -0.860. The molecule has 82 valence electrons.